The van der Waals surface area contributed by atoms with E-state index in [0.29, 0.717) is 6.54 Å². The molecular formula is C11H14BrNO5S. The first-order chi connectivity index (χ1) is 8.84. The van der Waals surface area contributed by atoms with Crippen LogP contribution in [0.15, 0.2) is 20.0 Å². The summed E-state index contributed by atoms with van der Waals surface area (Å²) in [5, 5.41) is 8.83. The van der Waals surface area contributed by atoms with Crippen LogP contribution >= 0.6 is 15.9 Å². The summed E-state index contributed by atoms with van der Waals surface area (Å²) in [7, 11) is -3.73. The maximum absolute atomic E-state index is 12.5. The van der Waals surface area contributed by atoms with Crippen LogP contribution in [0.5, 0.6) is 0 Å². The lowest BCUT2D eigenvalue weighted by molar-refractivity contribution is 0.0661. The maximum Gasteiger partial charge on any atom is 0.371 e. The Morgan fingerprint density at radius 2 is 2.21 bits per heavy atom. The van der Waals surface area contributed by atoms with Crippen LogP contribution in [0.25, 0.3) is 0 Å². The third-order valence-electron chi connectivity index (χ3n) is 3.19. The first-order valence-corrected chi connectivity index (χ1v) is 8.12. The van der Waals surface area contributed by atoms with Crippen molar-refractivity contribution in [1.82, 2.24) is 4.31 Å². The van der Waals surface area contributed by atoms with Gasteiger partial charge >= 0.3 is 5.97 Å². The fraction of sp³-hybridized carbons (Fsp3) is 0.545. The van der Waals surface area contributed by atoms with E-state index in [2.05, 4.69) is 15.9 Å². The zero-order valence-corrected chi connectivity index (χ0v) is 12.7. The van der Waals surface area contributed by atoms with E-state index in [1.165, 1.54) is 4.31 Å². The minimum atomic E-state index is -3.73. The molecule has 0 aromatic carbocycles. The number of hydrogen-bond acceptors (Lipinski definition) is 4. The highest BCUT2D eigenvalue weighted by Crippen LogP contribution is 2.32. The van der Waals surface area contributed by atoms with Gasteiger partial charge < -0.3 is 9.52 Å². The standard InChI is InChI=1S/C11H14BrNO5S/c1-7-4-2-3-5-13(7)19(16,17)9-6-8(11(14)15)18-10(9)12/h6-7H,2-5H2,1H3,(H,14,15). The summed E-state index contributed by atoms with van der Waals surface area (Å²) in [4.78, 5) is 10.7. The van der Waals surface area contributed by atoms with E-state index in [4.69, 9.17) is 9.52 Å². The smallest absolute Gasteiger partial charge is 0.371 e. The Labute approximate surface area is 119 Å². The average molecular weight is 352 g/mol. The monoisotopic (exact) mass is 351 g/mol. The Hall–Kier alpha value is -0.860. The number of sulfonamides is 1. The van der Waals surface area contributed by atoms with Crippen molar-refractivity contribution < 1.29 is 22.7 Å². The normalized spacial score (nSPS) is 21.5. The van der Waals surface area contributed by atoms with E-state index in [9.17, 15) is 13.2 Å². The molecule has 2 heterocycles. The summed E-state index contributed by atoms with van der Waals surface area (Å²) >= 11 is 2.97. The van der Waals surface area contributed by atoms with Crippen molar-refractivity contribution in [2.45, 2.75) is 37.1 Å². The minimum Gasteiger partial charge on any atom is -0.475 e. The molecule has 1 aromatic rings. The van der Waals surface area contributed by atoms with Gasteiger partial charge in [0, 0.05) is 18.7 Å². The van der Waals surface area contributed by atoms with E-state index in [1.807, 2.05) is 6.92 Å². The highest BCUT2D eigenvalue weighted by Gasteiger charge is 2.34. The second kappa shape index (κ2) is 5.26. The first kappa shape index (κ1) is 14.5. The Bertz CT molecular complexity index is 594. The molecule has 6 nitrogen and oxygen atoms in total. The van der Waals surface area contributed by atoms with Gasteiger partial charge in [-0.15, -0.1) is 0 Å². The Balaban J connectivity index is 2.41. The number of hydrogen-bond donors (Lipinski definition) is 1. The topological polar surface area (TPSA) is 87.8 Å². The third-order valence-corrected chi connectivity index (χ3v) is 6.07. The highest BCUT2D eigenvalue weighted by molar-refractivity contribution is 9.10. The molecule has 19 heavy (non-hydrogen) atoms. The van der Waals surface area contributed by atoms with Crippen LogP contribution < -0.4 is 0 Å². The van der Waals surface area contributed by atoms with E-state index in [0.717, 1.165) is 25.3 Å². The van der Waals surface area contributed by atoms with Gasteiger partial charge in [-0.1, -0.05) is 6.42 Å². The van der Waals surface area contributed by atoms with Crippen molar-refractivity contribution in [3.05, 3.63) is 16.5 Å². The number of aromatic carboxylic acids is 1. The summed E-state index contributed by atoms with van der Waals surface area (Å²) in [5.74, 6) is -1.69. The Morgan fingerprint density at radius 1 is 1.53 bits per heavy atom. The molecule has 1 aliphatic heterocycles. The summed E-state index contributed by atoms with van der Waals surface area (Å²) in [6, 6.07) is 0.956. The van der Waals surface area contributed by atoms with Crippen LogP contribution in [-0.2, 0) is 10.0 Å². The molecule has 106 valence electrons. The predicted octanol–water partition coefficient (Wildman–Crippen LogP) is 2.30. The molecular weight excluding hydrogens is 338 g/mol. The zero-order chi connectivity index (χ0) is 14.2. The number of rotatable bonds is 3. The molecule has 0 aliphatic carbocycles. The molecule has 1 N–H and O–H groups in total. The van der Waals surface area contributed by atoms with Crippen molar-refractivity contribution in [3.8, 4) is 0 Å². The van der Waals surface area contributed by atoms with Crippen molar-refractivity contribution in [2.75, 3.05) is 6.54 Å². The molecule has 1 saturated heterocycles. The van der Waals surface area contributed by atoms with Crippen LogP contribution in [0.3, 0.4) is 0 Å². The van der Waals surface area contributed by atoms with Gasteiger partial charge in [0.25, 0.3) is 0 Å². The van der Waals surface area contributed by atoms with Crippen LogP contribution in [-0.4, -0.2) is 36.4 Å². The molecule has 0 radical (unpaired) electrons. The van der Waals surface area contributed by atoms with Crippen LogP contribution in [0.4, 0.5) is 0 Å². The van der Waals surface area contributed by atoms with Crippen molar-refractivity contribution in [3.63, 3.8) is 0 Å². The summed E-state index contributed by atoms with van der Waals surface area (Å²) in [6.07, 6.45) is 2.62. The zero-order valence-electron chi connectivity index (χ0n) is 10.3. The molecule has 1 aromatic heterocycles. The van der Waals surface area contributed by atoms with Gasteiger partial charge in [-0.05, 0) is 35.7 Å². The third kappa shape index (κ3) is 2.70. The molecule has 8 heteroatoms. The van der Waals surface area contributed by atoms with Gasteiger partial charge in [-0.25, -0.2) is 13.2 Å². The first-order valence-electron chi connectivity index (χ1n) is 5.88. The van der Waals surface area contributed by atoms with E-state index < -0.39 is 21.8 Å². The minimum absolute atomic E-state index is 0.0670. The number of carboxylic acid groups (broad SMARTS) is 1. The number of furan rings is 1. The molecule has 0 spiro atoms. The SMILES string of the molecule is CC1CCCCN1S(=O)(=O)c1cc(C(=O)O)oc1Br. The Morgan fingerprint density at radius 3 is 2.74 bits per heavy atom. The van der Waals surface area contributed by atoms with E-state index in [-0.39, 0.29) is 15.6 Å². The molecule has 0 saturated carbocycles. The van der Waals surface area contributed by atoms with E-state index in [1.54, 1.807) is 0 Å². The molecule has 1 fully saturated rings. The average Bonchev–Trinajstić information content (AvgIpc) is 2.72. The van der Waals surface area contributed by atoms with Gasteiger partial charge in [-0.3, -0.25) is 0 Å². The van der Waals surface area contributed by atoms with Gasteiger partial charge in [0.1, 0.15) is 4.90 Å². The number of carbonyl (C=O) groups is 1. The van der Waals surface area contributed by atoms with Gasteiger partial charge in [-0.2, -0.15) is 4.31 Å². The van der Waals surface area contributed by atoms with Crippen LogP contribution in [0, 0.1) is 0 Å². The molecule has 0 amide bonds. The number of carboxylic acids is 1. The second-order valence-corrected chi connectivity index (χ2v) is 7.09. The summed E-state index contributed by atoms with van der Waals surface area (Å²) < 4.78 is 31.2. The number of nitrogens with zero attached hydrogens (tertiary/aromatic N) is 1. The lowest BCUT2D eigenvalue weighted by Gasteiger charge is -2.31. The van der Waals surface area contributed by atoms with Crippen LogP contribution in [0.2, 0.25) is 0 Å². The number of piperidine rings is 1. The maximum atomic E-state index is 12.5. The fourth-order valence-electron chi connectivity index (χ4n) is 2.19. The molecule has 1 aliphatic rings. The second-order valence-electron chi connectivity index (χ2n) is 4.51. The fourth-order valence-corrected chi connectivity index (χ4v) is 4.79. The predicted molar refractivity (Wildman–Crippen MR) is 70.6 cm³/mol. The van der Waals surface area contributed by atoms with Crippen molar-refractivity contribution in [1.29, 1.82) is 0 Å². The summed E-state index contributed by atoms with van der Waals surface area (Å²) in [6.45, 7) is 2.30. The highest BCUT2D eigenvalue weighted by atomic mass is 79.9. The Kier molecular flexibility index (Phi) is 4.03. The molecule has 1 unspecified atom stereocenters. The molecule has 2 rings (SSSR count). The van der Waals surface area contributed by atoms with E-state index >= 15 is 0 Å². The molecule has 1 atom stereocenters. The van der Waals surface area contributed by atoms with Crippen molar-refractivity contribution in [2.24, 2.45) is 0 Å². The van der Waals surface area contributed by atoms with Gasteiger partial charge in [0.05, 0.1) is 0 Å². The molecule has 0 bridgehead atoms. The van der Waals surface area contributed by atoms with Crippen LogP contribution in [0.1, 0.15) is 36.7 Å². The van der Waals surface area contributed by atoms with Crippen molar-refractivity contribution >= 4 is 31.9 Å². The lowest BCUT2D eigenvalue weighted by atomic mass is 10.1. The number of halogens is 1. The van der Waals surface area contributed by atoms with Gasteiger partial charge in [0.15, 0.2) is 4.67 Å². The quantitative estimate of drug-likeness (QED) is 0.902. The lowest BCUT2D eigenvalue weighted by Crippen LogP contribution is -2.41. The summed E-state index contributed by atoms with van der Waals surface area (Å²) in [5.41, 5.74) is 0. The van der Waals surface area contributed by atoms with Gasteiger partial charge in [0.2, 0.25) is 15.8 Å². The largest absolute Gasteiger partial charge is 0.475 e.